The zero-order valence-electron chi connectivity index (χ0n) is 32.4. The third kappa shape index (κ3) is 14.6. The Balaban J connectivity index is 1.15. The number of fused-ring (bicyclic) bond motifs is 1. The maximum atomic E-state index is 14.0. The Hall–Kier alpha value is -5.03. The first-order chi connectivity index (χ1) is 27.2. The molecule has 4 rings (SSSR count). The first-order valence-corrected chi connectivity index (χ1v) is 21.2. The first kappa shape index (κ1) is 43.7. The number of nitrogens with two attached hydrogens (primary N) is 1. The van der Waals surface area contributed by atoms with Crippen LogP contribution >= 0.6 is 7.60 Å². The number of rotatable bonds is 24. The molecule has 2 unspecified atom stereocenters. The van der Waals surface area contributed by atoms with Gasteiger partial charge in [-0.3, -0.25) is 19.1 Å². The van der Waals surface area contributed by atoms with Gasteiger partial charge < -0.3 is 25.2 Å². The molecule has 1 aromatic carbocycles. The summed E-state index contributed by atoms with van der Waals surface area (Å²) in [5.41, 5.74) is 6.33. The number of benzene rings is 1. The molecule has 0 bridgehead atoms. The number of amides is 1. The normalized spacial score (nSPS) is 18.9. The molecular weight excluding hydrogens is 727 g/mol. The van der Waals surface area contributed by atoms with Crippen LogP contribution in [0.2, 0.25) is 0 Å². The van der Waals surface area contributed by atoms with Crippen LogP contribution in [-0.2, 0) is 13.9 Å². The number of imidazole rings is 1. The second kappa shape index (κ2) is 23.8. The van der Waals surface area contributed by atoms with Crippen LogP contribution in [0, 0.1) is 5.92 Å². The highest BCUT2D eigenvalue weighted by Gasteiger charge is 2.40. The van der Waals surface area contributed by atoms with Crippen LogP contribution in [0.4, 0.5) is 5.95 Å². The number of aliphatic hydroxyl groups excluding tert-OH is 1. The van der Waals surface area contributed by atoms with Crippen LogP contribution in [0.25, 0.3) is 11.2 Å². The van der Waals surface area contributed by atoms with Crippen molar-refractivity contribution in [1.29, 1.82) is 0 Å². The monoisotopic (exact) mass is 784 g/mol. The quantitative estimate of drug-likeness (QED) is 0.0395. The fourth-order valence-corrected chi connectivity index (χ4v) is 7.78. The van der Waals surface area contributed by atoms with Gasteiger partial charge in [-0.15, -0.1) is 0 Å². The van der Waals surface area contributed by atoms with Crippen molar-refractivity contribution >= 4 is 30.6 Å². The van der Waals surface area contributed by atoms with Crippen LogP contribution in [0.3, 0.4) is 0 Å². The molecule has 12 nitrogen and oxygen atoms in total. The summed E-state index contributed by atoms with van der Waals surface area (Å²) in [5, 5.41) is 13.9. The van der Waals surface area contributed by atoms with Crippen molar-refractivity contribution in [3.8, 4) is 5.75 Å². The third-order valence-corrected chi connectivity index (χ3v) is 11.0. The highest BCUT2D eigenvalue weighted by Crippen LogP contribution is 2.51. The van der Waals surface area contributed by atoms with Gasteiger partial charge in [-0.25, -0.2) is 9.55 Å². The highest BCUT2D eigenvalue weighted by molar-refractivity contribution is 7.54. The van der Waals surface area contributed by atoms with E-state index in [0.717, 1.165) is 38.5 Å². The van der Waals surface area contributed by atoms with Crippen LogP contribution in [0.1, 0.15) is 77.2 Å². The molecule has 1 aliphatic carbocycles. The van der Waals surface area contributed by atoms with Crippen molar-refractivity contribution in [3.63, 3.8) is 0 Å². The van der Waals surface area contributed by atoms with E-state index in [1.54, 1.807) is 28.8 Å². The Morgan fingerprint density at radius 2 is 1.61 bits per heavy atom. The van der Waals surface area contributed by atoms with Gasteiger partial charge in [0.15, 0.2) is 11.2 Å². The van der Waals surface area contributed by atoms with Gasteiger partial charge in [0.1, 0.15) is 5.75 Å². The molecule has 0 radical (unpaired) electrons. The standard InChI is InChI=1S/C43H57N6O6P/c1-3-4-5-6-7-8-9-10-11-12-13-14-15-16-17-18-19-20-24-28-39(51)45-29-25-30-56(53,55-35-26-22-21-23-27-35)54-32-36-34(2)37(31-38(36)50)49-33-46-40-41(49)47-43(44)48-42(40)52/h4-5,7-8,10-11,13-14,16-17,19-23,26-27,33,36-38,50H,2-3,6,9,12,15,18,24-25,28-32H2,1H3,(H,45,51)(H3,44,47,48,52)/b5-4-,8-7-,11-10-,14-13-,17-16-,20-19-/t36-,37?,38-,56?/m0/s1. The van der Waals surface area contributed by atoms with Crippen molar-refractivity contribution in [2.24, 2.45) is 5.92 Å². The number of aromatic amines is 1. The first-order valence-electron chi connectivity index (χ1n) is 19.4. The number of nitrogens with zero attached hydrogens (tertiary/aromatic N) is 3. The minimum atomic E-state index is -3.72. The van der Waals surface area contributed by atoms with Crippen molar-refractivity contribution < 1.29 is 23.5 Å². The van der Waals surface area contributed by atoms with E-state index in [-0.39, 0.29) is 42.2 Å². The molecule has 5 N–H and O–H groups in total. The van der Waals surface area contributed by atoms with E-state index in [4.69, 9.17) is 14.8 Å². The molecule has 4 atom stereocenters. The van der Waals surface area contributed by atoms with Gasteiger partial charge in [0.25, 0.3) is 5.56 Å². The van der Waals surface area contributed by atoms with E-state index in [1.165, 1.54) is 6.33 Å². The Morgan fingerprint density at radius 3 is 2.23 bits per heavy atom. The predicted molar refractivity (Wildman–Crippen MR) is 225 cm³/mol. The Morgan fingerprint density at radius 1 is 1.00 bits per heavy atom. The van der Waals surface area contributed by atoms with Crippen LogP contribution in [0.5, 0.6) is 5.75 Å². The molecule has 0 aliphatic heterocycles. The van der Waals surface area contributed by atoms with E-state index in [1.807, 2.05) is 12.1 Å². The van der Waals surface area contributed by atoms with Gasteiger partial charge in [-0.2, -0.15) is 4.98 Å². The van der Waals surface area contributed by atoms with Crippen molar-refractivity contribution in [2.45, 2.75) is 83.3 Å². The number of carbonyl (C=O) groups is 1. The molecule has 1 saturated carbocycles. The number of carbonyl (C=O) groups excluding carboxylic acids is 1. The number of H-pyrrole nitrogens is 1. The molecule has 300 valence electrons. The lowest BCUT2D eigenvalue weighted by molar-refractivity contribution is -0.121. The fourth-order valence-electron chi connectivity index (χ4n) is 6.14. The summed E-state index contributed by atoms with van der Waals surface area (Å²) in [6, 6.07) is 8.31. The van der Waals surface area contributed by atoms with E-state index >= 15 is 0 Å². The summed E-state index contributed by atoms with van der Waals surface area (Å²) in [6.45, 7) is 6.54. The summed E-state index contributed by atoms with van der Waals surface area (Å²) in [4.78, 5) is 35.6. The summed E-state index contributed by atoms with van der Waals surface area (Å²) >= 11 is 0. The maximum Gasteiger partial charge on any atom is 0.379 e. The zero-order chi connectivity index (χ0) is 40.0. The number of para-hydroxylation sites is 1. The Kier molecular flexibility index (Phi) is 18.6. The Labute approximate surface area is 330 Å². The van der Waals surface area contributed by atoms with Gasteiger partial charge in [0.2, 0.25) is 11.9 Å². The second-order valence-electron chi connectivity index (χ2n) is 13.5. The number of aromatic nitrogens is 4. The molecule has 13 heteroatoms. The summed E-state index contributed by atoms with van der Waals surface area (Å²) in [5.74, 6) is -0.323. The number of hydrogen-bond donors (Lipinski definition) is 4. The molecule has 0 saturated heterocycles. The van der Waals surface area contributed by atoms with Gasteiger partial charge in [-0.1, -0.05) is 105 Å². The van der Waals surface area contributed by atoms with Gasteiger partial charge in [0, 0.05) is 18.9 Å². The van der Waals surface area contributed by atoms with Crippen LogP contribution in [-0.4, -0.2) is 56.0 Å². The molecule has 2 aromatic heterocycles. The van der Waals surface area contributed by atoms with Crippen LogP contribution < -0.4 is 21.1 Å². The molecule has 3 aromatic rings. The minimum Gasteiger partial charge on any atom is -0.424 e. The van der Waals surface area contributed by atoms with Gasteiger partial charge in [-0.05, 0) is 75.5 Å². The predicted octanol–water partition coefficient (Wildman–Crippen LogP) is 8.45. The largest absolute Gasteiger partial charge is 0.424 e. The van der Waals surface area contributed by atoms with E-state index in [2.05, 4.69) is 101 Å². The lowest BCUT2D eigenvalue weighted by Crippen LogP contribution is -2.25. The lowest BCUT2D eigenvalue weighted by atomic mass is 10.0. The van der Waals surface area contributed by atoms with Crippen LogP contribution in [0.15, 0.2) is 127 Å². The third-order valence-electron chi connectivity index (χ3n) is 9.12. The van der Waals surface area contributed by atoms with E-state index in [9.17, 15) is 19.3 Å². The number of allylic oxidation sites excluding steroid dienone is 12. The fraction of sp³-hybridized carbons (Fsp3) is 0.395. The molecule has 1 aliphatic rings. The number of hydrogen-bond acceptors (Lipinski definition) is 9. The Bertz CT molecular complexity index is 1980. The topological polar surface area (TPSA) is 174 Å². The van der Waals surface area contributed by atoms with Gasteiger partial charge >= 0.3 is 7.60 Å². The van der Waals surface area contributed by atoms with E-state index < -0.39 is 31.2 Å². The van der Waals surface area contributed by atoms with E-state index in [0.29, 0.717) is 37.1 Å². The molecular formula is C43H57N6O6P. The maximum absolute atomic E-state index is 14.0. The summed E-state index contributed by atoms with van der Waals surface area (Å²) in [6.07, 6.45) is 33.7. The zero-order valence-corrected chi connectivity index (χ0v) is 33.3. The molecule has 56 heavy (non-hydrogen) atoms. The number of nitrogens with one attached hydrogen (secondary N) is 2. The smallest absolute Gasteiger partial charge is 0.379 e. The highest BCUT2D eigenvalue weighted by atomic mass is 31.2. The average Bonchev–Trinajstić information content (AvgIpc) is 3.72. The van der Waals surface area contributed by atoms with Crippen molar-refractivity contribution in [1.82, 2.24) is 24.8 Å². The molecule has 0 spiro atoms. The summed E-state index contributed by atoms with van der Waals surface area (Å²) in [7, 11) is -3.72. The number of anilines is 1. The SMILES string of the molecule is C=C1C(n2cnc3c(=O)[nH]c(N)nc32)C[C@H](O)[C@H]1COP(=O)(CCCNC(=O)CC/C=C\C/C=C\C/C=C\C/C=C\C/C=C\C/C=C\CC)Oc1ccccc1. The average molecular weight is 785 g/mol. The lowest BCUT2D eigenvalue weighted by Gasteiger charge is -2.23. The van der Waals surface area contributed by atoms with Gasteiger partial charge in [0.05, 0.1) is 31.2 Å². The molecule has 1 amide bonds. The number of aliphatic hydroxyl groups is 1. The summed E-state index contributed by atoms with van der Waals surface area (Å²) < 4.78 is 27.6. The number of nitrogen functional groups attached to an aromatic ring is 1. The molecule has 2 heterocycles. The minimum absolute atomic E-state index is 0.0478. The van der Waals surface area contributed by atoms with Crippen molar-refractivity contribution in [2.75, 3.05) is 25.0 Å². The second-order valence-corrected chi connectivity index (χ2v) is 15.6. The van der Waals surface area contributed by atoms with Crippen molar-refractivity contribution in [3.05, 3.63) is 132 Å². The molecule has 1 fully saturated rings.